The summed E-state index contributed by atoms with van der Waals surface area (Å²) in [7, 11) is -2.99. The number of hydrogen-bond donors (Lipinski definition) is 2. The second kappa shape index (κ2) is 4.71. The van der Waals surface area contributed by atoms with Crippen molar-refractivity contribution in [2.45, 2.75) is 12.2 Å². The van der Waals surface area contributed by atoms with Gasteiger partial charge in [-0.1, -0.05) is 0 Å². The molecule has 0 rings (SSSR count). The van der Waals surface area contributed by atoms with Gasteiger partial charge in [0.25, 0.3) is 0 Å². The monoisotopic (exact) mass is 211 g/mol. The molecule has 0 radical (unpaired) electrons. The molecule has 0 aromatic heterocycles. The van der Waals surface area contributed by atoms with E-state index in [9.17, 15) is 13.2 Å². The zero-order valence-electron chi connectivity index (χ0n) is 7.07. The second-order valence-electron chi connectivity index (χ2n) is 2.60. The van der Waals surface area contributed by atoms with Crippen LogP contribution in [0.25, 0.3) is 0 Å². The lowest BCUT2D eigenvalue weighted by Crippen LogP contribution is -2.33. The fourth-order valence-electron chi connectivity index (χ4n) is 0.507. The third kappa shape index (κ3) is 6.48. The molecule has 1 unspecified atom stereocenters. The molecular formula is C6H13NO3S2. The van der Waals surface area contributed by atoms with Crippen LogP contribution in [-0.2, 0) is 14.6 Å². The molecule has 0 aromatic carbocycles. The molecule has 12 heavy (non-hydrogen) atoms. The smallest absolute Gasteiger partial charge is 0.232 e. The molecule has 1 N–H and O–H groups in total. The standard InChI is InChI=1S/C6H13NO3S2/c1-5(11)6(8)7-3-4-12(2,9)10/h5,11H,3-4H2,1-2H3,(H,7,8). The first-order chi connectivity index (χ1) is 5.33. The van der Waals surface area contributed by atoms with Crippen molar-refractivity contribution < 1.29 is 13.2 Å². The topological polar surface area (TPSA) is 63.2 Å². The SMILES string of the molecule is CC(S)C(=O)NCCS(C)(=O)=O. The third-order valence-corrected chi connectivity index (χ3v) is 2.33. The molecule has 0 saturated carbocycles. The lowest BCUT2D eigenvalue weighted by Gasteiger charge is -2.05. The number of thiol groups is 1. The van der Waals surface area contributed by atoms with Crippen molar-refractivity contribution >= 4 is 28.4 Å². The van der Waals surface area contributed by atoms with Gasteiger partial charge in [-0.3, -0.25) is 4.79 Å². The number of carbonyl (C=O) groups is 1. The highest BCUT2D eigenvalue weighted by Gasteiger charge is 2.08. The molecule has 0 fully saturated rings. The average Bonchev–Trinajstić information content (AvgIpc) is 1.84. The molecular weight excluding hydrogens is 198 g/mol. The fraction of sp³-hybridized carbons (Fsp3) is 0.833. The molecule has 0 saturated heterocycles. The van der Waals surface area contributed by atoms with E-state index in [-0.39, 0.29) is 18.2 Å². The highest BCUT2D eigenvalue weighted by molar-refractivity contribution is 7.90. The minimum Gasteiger partial charge on any atom is -0.354 e. The Kier molecular flexibility index (Phi) is 4.62. The molecule has 0 spiro atoms. The van der Waals surface area contributed by atoms with Gasteiger partial charge in [0.2, 0.25) is 5.91 Å². The van der Waals surface area contributed by atoms with Crippen LogP contribution in [0.5, 0.6) is 0 Å². The minimum atomic E-state index is -2.99. The van der Waals surface area contributed by atoms with Crippen LogP contribution in [0.1, 0.15) is 6.92 Å². The van der Waals surface area contributed by atoms with Crippen LogP contribution >= 0.6 is 12.6 Å². The summed E-state index contributed by atoms with van der Waals surface area (Å²) in [5, 5.41) is 2.05. The van der Waals surface area contributed by atoms with Gasteiger partial charge >= 0.3 is 0 Å². The van der Waals surface area contributed by atoms with Gasteiger partial charge in [-0.15, -0.1) is 0 Å². The van der Waals surface area contributed by atoms with Gasteiger partial charge in [0.15, 0.2) is 0 Å². The Bertz CT molecular complexity index is 246. The first kappa shape index (κ1) is 11.8. The van der Waals surface area contributed by atoms with Gasteiger partial charge in [-0.25, -0.2) is 8.42 Å². The predicted octanol–water partition coefficient (Wildman–Crippen LogP) is -0.535. The largest absolute Gasteiger partial charge is 0.354 e. The summed E-state index contributed by atoms with van der Waals surface area (Å²) in [6.45, 7) is 1.78. The Morgan fingerprint density at radius 3 is 2.42 bits per heavy atom. The molecule has 0 aromatic rings. The van der Waals surface area contributed by atoms with E-state index >= 15 is 0 Å². The maximum Gasteiger partial charge on any atom is 0.232 e. The Labute approximate surface area is 78.1 Å². The van der Waals surface area contributed by atoms with E-state index in [1.165, 1.54) is 0 Å². The van der Waals surface area contributed by atoms with Crippen LogP contribution < -0.4 is 5.32 Å². The van der Waals surface area contributed by atoms with Crippen molar-refractivity contribution in [1.82, 2.24) is 5.32 Å². The van der Waals surface area contributed by atoms with E-state index in [2.05, 4.69) is 17.9 Å². The maximum absolute atomic E-state index is 10.8. The zero-order chi connectivity index (χ0) is 9.78. The van der Waals surface area contributed by atoms with Crippen LogP contribution in [0.3, 0.4) is 0 Å². The number of sulfone groups is 1. The van der Waals surface area contributed by atoms with Crippen molar-refractivity contribution in [2.75, 3.05) is 18.6 Å². The Hall–Kier alpha value is -0.230. The van der Waals surface area contributed by atoms with Crippen LogP contribution in [-0.4, -0.2) is 38.1 Å². The van der Waals surface area contributed by atoms with E-state index in [4.69, 9.17) is 0 Å². The summed E-state index contributed by atoms with van der Waals surface area (Å²) in [6.07, 6.45) is 1.13. The highest BCUT2D eigenvalue weighted by Crippen LogP contribution is 1.90. The second-order valence-corrected chi connectivity index (χ2v) is 5.63. The molecule has 1 amide bonds. The van der Waals surface area contributed by atoms with Crippen LogP contribution in [0, 0.1) is 0 Å². The number of hydrogen-bond acceptors (Lipinski definition) is 4. The minimum absolute atomic E-state index is 0.0285. The molecule has 0 aliphatic carbocycles. The van der Waals surface area contributed by atoms with E-state index in [0.717, 1.165) is 6.26 Å². The quantitative estimate of drug-likeness (QED) is 0.614. The van der Waals surface area contributed by atoms with E-state index in [1.807, 2.05) is 0 Å². The van der Waals surface area contributed by atoms with Gasteiger partial charge in [-0.2, -0.15) is 12.6 Å². The highest BCUT2D eigenvalue weighted by atomic mass is 32.2. The fourth-order valence-corrected chi connectivity index (χ4v) is 1.07. The summed E-state index contributed by atoms with van der Waals surface area (Å²) in [5.74, 6) is -0.277. The van der Waals surface area contributed by atoms with Crippen molar-refractivity contribution in [1.29, 1.82) is 0 Å². The van der Waals surface area contributed by atoms with Crippen molar-refractivity contribution in [3.63, 3.8) is 0 Å². The van der Waals surface area contributed by atoms with Crippen LogP contribution in [0.15, 0.2) is 0 Å². The summed E-state index contributed by atoms with van der Waals surface area (Å²) in [4.78, 5) is 10.8. The Balaban J connectivity index is 3.66. The summed E-state index contributed by atoms with van der Waals surface area (Å²) in [5.41, 5.74) is 0. The summed E-state index contributed by atoms with van der Waals surface area (Å²) < 4.78 is 21.2. The molecule has 4 nitrogen and oxygen atoms in total. The van der Waals surface area contributed by atoms with Crippen molar-refractivity contribution in [3.8, 4) is 0 Å². The van der Waals surface area contributed by atoms with E-state index < -0.39 is 15.1 Å². The van der Waals surface area contributed by atoms with Gasteiger partial charge in [-0.05, 0) is 6.92 Å². The molecule has 0 bridgehead atoms. The third-order valence-electron chi connectivity index (χ3n) is 1.15. The normalized spacial score (nSPS) is 13.9. The van der Waals surface area contributed by atoms with Crippen molar-refractivity contribution in [2.24, 2.45) is 0 Å². The molecule has 6 heteroatoms. The first-order valence-corrected chi connectivity index (χ1v) is 6.04. The number of nitrogens with one attached hydrogen (secondary N) is 1. The molecule has 72 valence electrons. The molecule has 0 aliphatic heterocycles. The Morgan fingerprint density at radius 1 is 1.58 bits per heavy atom. The number of rotatable bonds is 4. The lowest BCUT2D eigenvalue weighted by atomic mass is 10.4. The Morgan fingerprint density at radius 2 is 2.08 bits per heavy atom. The molecule has 0 heterocycles. The average molecular weight is 211 g/mol. The van der Waals surface area contributed by atoms with Crippen molar-refractivity contribution in [3.05, 3.63) is 0 Å². The number of amides is 1. The summed E-state index contributed by atoms with van der Waals surface area (Å²) >= 11 is 3.88. The maximum atomic E-state index is 10.8. The lowest BCUT2D eigenvalue weighted by molar-refractivity contribution is -0.120. The summed E-state index contributed by atoms with van der Waals surface area (Å²) in [6, 6.07) is 0. The first-order valence-electron chi connectivity index (χ1n) is 3.46. The zero-order valence-corrected chi connectivity index (χ0v) is 8.78. The molecule has 0 aliphatic rings. The van der Waals surface area contributed by atoms with Crippen LogP contribution in [0.4, 0.5) is 0 Å². The molecule has 1 atom stereocenters. The van der Waals surface area contributed by atoms with Gasteiger partial charge in [0, 0.05) is 12.8 Å². The van der Waals surface area contributed by atoms with Gasteiger partial charge < -0.3 is 5.32 Å². The van der Waals surface area contributed by atoms with Gasteiger partial charge in [0.1, 0.15) is 9.84 Å². The predicted molar refractivity (Wildman–Crippen MR) is 51.2 cm³/mol. The number of carbonyl (C=O) groups excluding carboxylic acids is 1. The van der Waals surface area contributed by atoms with Crippen LogP contribution in [0.2, 0.25) is 0 Å². The van der Waals surface area contributed by atoms with Gasteiger partial charge in [0.05, 0.1) is 11.0 Å². The van der Waals surface area contributed by atoms with E-state index in [1.54, 1.807) is 6.92 Å². The van der Waals surface area contributed by atoms with E-state index in [0.29, 0.717) is 0 Å².